The van der Waals surface area contributed by atoms with Gasteiger partial charge in [0, 0.05) is 50.5 Å². The SMILES string of the molecule is C=NC(C)=N/C(Nc1n[nH]c2c1CN(C(=O)N1C[C@@H](C)N(CC3CCOCC3)C[C@@H]1C)C2(C)C)=C(\C)F. The highest BCUT2D eigenvalue weighted by Gasteiger charge is 2.47. The van der Waals surface area contributed by atoms with Crippen LogP contribution in [0.2, 0.25) is 0 Å². The first kappa shape index (κ1) is 27.3. The molecule has 2 amide bonds. The number of ether oxygens (including phenoxy) is 1. The van der Waals surface area contributed by atoms with E-state index in [0.29, 0.717) is 30.7 Å². The third kappa shape index (κ3) is 5.57. The number of hydrogen-bond donors (Lipinski definition) is 2. The lowest BCUT2D eigenvalue weighted by Crippen LogP contribution is -2.62. The number of nitrogens with zero attached hydrogens (tertiary/aromatic N) is 6. The molecule has 2 atom stereocenters. The number of carbonyl (C=O) groups excluding carboxylic acids is 1. The van der Waals surface area contributed by atoms with Crippen LogP contribution in [0.3, 0.4) is 0 Å². The van der Waals surface area contributed by atoms with Gasteiger partial charge in [0.2, 0.25) is 0 Å². The number of H-pyrrole nitrogens is 1. The fraction of sp³-hybridized carbons (Fsp3) is 0.692. The van der Waals surface area contributed by atoms with Crippen molar-refractivity contribution in [3.8, 4) is 0 Å². The summed E-state index contributed by atoms with van der Waals surface area (Å²) in [7, 11) is 0. The van der Waals surface area contributed by atoms with E-state index in [9.17, 15) is 9.18 Å². The summed E-state index contributed by atoms with van der Waals surface area (Å²) in [6.07, 6.45) is 2.22. The highest BCUT2D eigenvalue weighted by Crippen LogP contribution is 2.42. The third-order valence-corrected chi connectivity index (χ3v) is 7.96. The fourth-order valence-electron chi connectivity index (χ4n) is 5.56. The molecule has 4 rings (SSSR count). The number of amides is 2. The molecule has 0 bridgehead atoms. The number of halogens is 1. The minimum absolute atomic E-state index is 0.00720. The van der Waals surface area contributed by atoms with E-state index >= 15 is 0 Å². The monoisotopic (exact) mass is 516 g/mol. The molecule has 10 nitrogen and oxygen atoms in total. The van der Waals surface area contributed by atoms with Gasteiger partial charge in [-0.3, -0.25) is 10.00 Å². The Morgan fingerprint density at radius 2 is 1.95 bits per heavy atom. The molecule has 1 aromatic rings. The Bertz CT molecular complexity index is 1070. The van der Waals surface area contributed by atoms with Crippen molar-refractivity contribution in [3.05, 3.63) is 22.9 Å². The molecule has 2 N–H and O–H groups in total. The summed E-state index contributed by atoms with van der Waals surface area (Å²) in [5.74, 6) is 0.974. The van der Waals surface area contributed by atoms with E-state index in [1.807, 2.05) is 23.6 Å². The molecule has 0 spiro atoms. The number of piperazine rings is 1. The number of aromatic amines is 1. The Morgan fingerprint density at radius 3 is 2.59 bits per heavy atom. The van der Waals surface area contributed by atoms with Crippen LogP contribution >= 0.6 is 0 Å². The van der Waals surface area contributed by atoms with Crippen molar-refractivity contribution in [2.45, 2.75) is 78.6 Å². The molecular weight excluding hydrogens is 475 g/mol. The zero-order chi connectivity index (χ0) is 26.9. The summed E-state index contributed by atoms with van der Waals surface area (Å²) in [6.45, 7) is 19.4. The summed E-state index contributed by atoms with van der Waals surface area (Å²) in [5.41, 5.74) is 1.06. The second kappa shape index (κ2) is 10.9. The van der Waals surface area contributed by atoms with Gasteiger partial charge >= 0.3 is 6.03 Å². The molecule has 3 aliphatic heterocycles. The first-order valence-corrected chi connectivity index (χ1v) is 13.2. The zero-order valence-corrected chi connectivity index (χ0v) is 23.0. The molecule has 1 aromatic heterocycles. The fourth-order valence-corrected chi connectivity index (χ4v) is 5.56. The number of aromatic nitrogens is 2. The number of fused-ring (bicyclic) bond motifs is 1. The van der Waals surface area contributed by atoms with Crippen LogP contribution < -0.4 is 5.32 Å². The number of aliphatic imine (C=N–C) groups is 2. The van der Waals surface area contributed by atoms with Gasteiger partial charge in [0.05, 0.1) is 17.8 Å². The van der Waals surface area contributed by atoms with Gasteiger partial charge in [-0.05, 0) is 67.0 Å². The standard InChI is InChI=1S/C26H41FN8O2/c1-16-13-34(17(2)12-33(16)14-20-8-10-37-11-9-20)25(36)35-15-21-22(26(35,5)6)31-32-24(21)30-23(18(3)27)29-19(4)28-7/h16-17,20H,7-15H2,1-6H3,(H2,30,31,32)/b23-18-,29-19?/t16-,17+/m1/s1. The Hall–Kier alpha value is -2.79. The zero-order valence-electron chi connectivity index (χ0n) is 23.0. The lowest BCUT2D eigenvalue weighted by Gasteiger charge is -2.47. The summed E-state index contributed by atoms with van der Waals surface area (Å²) in [4.78, 5) is 28.2. The van der Waals surface area contributed by atoms with E-state index < -0.39 is 11.4 Å². The number of nitrogens with one attached hydrogen (secondary N) is 2. The van der Waals surface area contributed by atoms with Crippen LogP contribution in [0.15, 0.2) is 21.6 Å². The van der Waals surface area contributed by atoms with Gasteiger partial charge < -0.3 is 19.9 Å². The third-order valence-electron chi connectivity index (χ3n) is 7.96. The van der Waals surface area contributed by atoms with E-state index in [1.165, 1.54) is 6.92 Å². The minimum Gasteiger partial charge on any atom is -0.381 e. The van der Waals surface area contributed by atoms with Crippen molar-refractivity contribution in [1.82, 2.24) is 24.9 Å². The van der Waals surface area contributed by atoms with Gasteiger partial charge in [-0.1, -0.05) is 0 Å². The number of hydrogen-bond acceptors (Lipinski definition) is 6. The van der Waals surface area contributed by atoms with Crippen LogP contribution in [-0.2, 0) is 16.8 Å². The van der Waals surface area contributed by atoms with Crippen molar-refractivity contribution in [3.63, 3.8) is 0 Å². The summed E-state index contributed by atoms with van der Waals surface area (Å²) >= 11 is 0. The Morgan fingerprint density at radius 1 is 1.24 bits per heavy atom. The number of allylic oxidation sites excluding steroid dienone is 1. The van der Waals surface area contributed by atoms with Crippen LogP contribution in [0.25, 0.3) is 0 Å². The molecule has 0 saturated carbocycles. The van der Waals surface area contributed by atoms with Gasteiger partial charge in [-0.15, -0.1) is 0 Å². The van der Waals surface area contributed by atoms with Gasteiger partial charge in [0.1, 0.15) is 11.7 Å². The Labute approximate surface area is 219 Å². The number of rotatable bonds is 5. The maximum Gasteiger partial charge on any atom is 0.321 e. The molecule has 0 unspecified atom stereocenters. The predicted molar refractivity (Wildman–Crippen MR) is 143 cm³/mol. The first-order valence-electron chi connectivity index (χ1n) is 13.2. The number of urea groups is 1. The van der Waals surface area contributed by atoms with Gasteiger partial charge in [-0.25, -0.2) is 19.2 Å². The molecule has 3 aliphatic rings. The Balaban J connectivity index is 1.47. The normalized spacial score (nSPS) is 25.6. The van der Waals surface area contributed by atoms with Crippen molar-refractivity contribution in [1.29, 1.82) is 0 Å². The second-order valence-electron chi connectivity index (χ2n) is 11.0. The molecule has 2 saturated heterocycles. The lowest BCUT2D eigenvalue weighted by atomic mass is 9.97. The average Bonchev–Trinajstić information content (AvgIpc) is 3.38. The number of carbonyl (C=O) groups is 1. The lowest BCUT2D eigenvalue weighted by molar-refractivity contribution is 0.00882. The Kier molecular flexibility index (Phi) is 8.03. The van der Waals surface area contributed by atoms with Crippen LogP contribution in [0.4, 0.5) is 15.0 Å². The van der Waals surface area contributed by atoms with E-state index in [-0.39, 0.29) is 23.9 Å². The van der Waals surface area contributed by atoms with Gasteiger partial charge in [0.15, 0.2) is 11.6 Å². The maximum atomic E-state index is 14.2. The summed E-state index contributed by atoms with van der Waals surface area (Å²) in [5, 5.41) is 10.4. The quantitative estimate of drug-likeness (QED) is 0.453. The van der Waals surface area contributed by atoms with Crippen molar-refractivity contribution in [2.75, 3.05) is 38.2 Å². The topological polar surface area (TPSA) is 101 Å². The smallest absolute Gasteiger partial charge is 0.321 e. The van der Waals surface area contributed by atoms with Gasteiger partial charge in [0.25, 0.3) is 0 Å². The molecule has 0 radical (unpaired) electrons. The van der Waals surface area contributed by atoms with Crippen molar-refractivity contribution >= 4 is 24.4 Å². The van der Waals surface area contributed by atoms with Crippen LogP contribution in [0.5, 0.6) is 0 Å². The summed E-state index contributed by atoms with van der Waals surface area (Å²) in [6, 6.07) is 0.388. The molecule has 2 fully saturated rings. The average molecular weight is 517 g/mol. The maximum absolute atomic E-state index is 14.2. The van der Waals surface area contributed by atoms with E-state index in [0.717, 1.165) is 50.4 Å². The molecule has 11 heteroatoms. The minimum atomic E-state index is -0.599. The number of amidine groups is 1. The van der Waals surface area contributed by atoms with Crippen LogP contribution in [-0.4, -0.2) is 88.4 Å². The highest BCUT2D eigenvalue weighted by molar-refractivity contribution is 5.85. The van der Waals surface area contributed by atoms with Crippen LogP contribution in [0, 0.1) is 5.92 Å². The van der Waals surface area contributed by atoms with Crippen molar-refractivity contribution < 1.29 is 13.9 Å². The molecule has 37 heavy (non-hydrogen) atoms. The summed E-state index contributed by atoms with van der Waals surface area (Å²) < 4.78 is 19.7. The highest BCUT2D eigenvalue weighted by atomic mass is 19.1. The first-order chi connectivity index (χ1) is 17.5. The molecular formula is C26H41FN8O2. The van der Waals surface area contributed by atoms with Crippen LogP contribution in [0.1, 0.15) is 65.6 Å². The number of anilines is 1. The van der Waals surface area contributed by atoms with E-state index in [2.05, 4.69) is 51.0 Å². The van der Waals surface area contributed by atoms with Crippen molar-refractivity contribution in [2.24, 2.45) is 15.9 Å². The van der Waals surface area contributed by atoms with E-state index in [1.54, 1.807) is 6.92 Å². The molecule has 0 aromatic carbocycles. The molecule has 4 heterocycles. The second-order valence-corrected chi connectivity index (χ2v) is 11.0. The van der Waals surface area contributed by atoms with E-state index in [4.69, 9.17) is 4.74 Å². The largest absolute Gasteiger partial charge is 0.381 e. The molecule has 0 aliphatic carbocycles. The van der Waals surface area contributed by atoms with Gasteiger partial charge in [-0.2, -0.15) is 5.10 Å². The molecule has 204 valence electrons. The predicted octanol–water partition coefficient (Wildman–Crippen LogP) is 4.09.